The van der Waals surface area contributed by atoms with E-state index < -0.39 is 0 Å². The lowest BCUT2D eigenvalue weighted by atomic mass is 10.1. The number of nitrogens with one attached hydrogen (secondary N) is 3. The smallest absolute Gasteiger partial charge is 0.0208 e. The fourth-order valence-electron chi connectivity index (χ4n) is 2.04. The SMILES string of the molecule is NCCCNC[C@@H]1C[C@@H](NCCCN)CN1. The lowest BCUT2D eigenvalue weighted by Crippen LogP contribution is -2.34. The van der Waals surface area contributed by atoms with Crippen molar-refractivity contribution in [2.45, 2.75) is 31.3 Å². The third-order valence-corrected chi connectivity index (χ3v) is 2.98. The van der Waals surface area contributed by atoms with Crippen LogP contribution in [0.2, 0.25) is 0 Å². The Hall–Kier alpha value is -0.200. The standard InChI is InChI=1S/C11H27N5/c12-3-1-5-14-8-10-7-11(9-16-10)15-6-2-4-13/h10-11,14-16H,1-9,12-13H2/t10-,11+/m0/s1. The van der Waals surface area contributed by atoms with Crippen LogP contribution in [-0.2, 0) is 0 Å². The highest BCUT2D eigenvalue weighted by Gasteiger charge is 2.22. The second-order valence-corrected chi connectivity index (χ2v) is 4.48. The van der Waals surface area contributed by atoms with Gasteiger partial charge in [-0.3, -0.25) is 0 Å². The van der Waals surface area contributed by atoms with E-state index in [0.717, 1.165) is 52.1 Å². The van der Waals surface area contributed by atoms with Gasteiger partial charge in [0.15, 0.2) is 0 Å². The monoisotopic (exact) mass is 229 g/mol. The van der Waals surface area contributed by atoms with Crippen LogP contribution in [0, 0.1) is 0 Å². The number of nitrogens with two attached hydrogens (primary N) is 2. The largest absolute Gasteiger partial charge is 0.330 e. The van der Waals surface area contributed by atoms with Gasteiger partial charge in [0, 0.05) is 25.2 Å². The molecule has 0 aromatic rings. The summed E-state index contributed by atoms with van der Waals surface area (Å²) in [6.45, 7) is 5.74. The maximum absolute atomic E-state index is 5.46. The van der Waals surface area contributed by atoms with Crippen LogP contribution in [0.5, 0.6) is 0 Å². The highest BCUT2D eigenvalue weighted by molar-refractivity contribution is 4.87. The van der Waals surface area contributed by atoms with Crippen molar-refractivity contribution >= 4 is 0 Å². The fourth-order valence-corrected chi connectivity index (χ4v) is 2.04. The molecule has 7 N–H and O–H groups in total. The Balaban J connectivity index is 1.97. The highest BCUT2D eigenvalue weighted by atomic mass is 15.1. The third-order valence-electron chi connectivity index (χ3n) is 2.98. The first kappa shape index (κ1) is 13.9. The average molecular weight is 229 g/mol. The van der Waals surface area contributed by atoms with E-state index in [0.29, 0.717) is 12.1 Å². The Morgan fingerprint density at radius 2 is 1.88 bits per heavy atom. The molecular weight excluding hydrogens is 202 g/mol. The van der Waals surface area contributed by atoms with E-state index in [9.17, 15) is 0 Å². The van der Waals surface area contributed by atoms with Gasteiger partial charge in [-0.25, -0.2) is 0 Å². The van der Waals surface area contributed by atoms with Gasteiger partial charge in [-0.05, 0) is 45.4 Å². The summed E-state index contributed by atoms with van der Waals surface area (Å²) >= 11 is 0. The maximum atomic E-state index is 5.46. The van der Waals surface area contributed by atoms with Crippen LogP contribution in [0.4, 0.5) is 0 Å². The van der Waals surface area contributed by atoms with Crippen LogP contribution in [0.15, 0.2) is 0 Å². The molecule has 0 amide bonds. The predicted octanol–water partition coefficient (Wildman–Crippen LogP) is -1.41. The van der Waals surface area contributed by atoms with Crippen molar-refractivity contribution in [1.29, 1.82) is 0 Å². The molecule has 1 saturated heterocycles. The molecule has 1 heterocycles. The molecule has 1 aliphatic heterocycles. The minimum absolute atomic E-state index is 0.605. The first-order valence-electron chi connectivity index (χ1n) is 6.44. The third kappa shape index (κ3) is 5.77. The van der Waals surface area contributed by atoms with Gasteiger partial charge in [0.25, 0.3) is 0 Å². The summed E-state index contributed by atoms with van der Waals surface area (Å²) in [5, 5.41) is 10.5. The molecule has 0 aromatic carbocycles. The van der Waals surface area contributed by atoms with Crippen molar-refractivity contribution < 1.29 is 0 Å². The lowest BCUT2D eigenvalue weighted by Gasteiger charge is -2.12. The molecule has 2 atom stereocenters. The molecule has 0 aromatic heterocycles. The Morgan fingerprint density at radius 1 is 1.12 bits per heavy atom. The normalized spacial score (nSPS) is 25.1. The van der Waals surface area contributed by atoms with Gasteiger partial charge in [0.2, 0.25) is 0 Å². The van der Waals surface area contributed by atoms with E-state index in [1.165, 1.54) is 6.42 Å². The molecule has 96 valence electrons. The number of rotatable bonds is 9. The molecule has 1 rings (SSSR count). The van der Waals surface area contributed by atoms with Crippen LogP contribution < -0.4 is 27.4 Å². The first-order valence-corrected chi connectivity index (χ1v) is 6.44. The van der Waals surface area contributed by atoms with Crippen molar-refractivity contribution in [3.63, 3.8) is 0 Å². The van der Waals surface area contributed by atoms with Crippen LogP contribution in [-0.4, -0.2) is 51.4 Å². The molecule has 1 aliphatic rings. The summed E-state index contributed by atoms with van der Waals surface area (Å²) < 4.78 is 0. The number of hydrogen-bond donors (Lipinski definition) is 5. The first-order chi connectivity index (χ1) is 7.86. The van der Waals surface area contributed by atoms with Crippen molar-refractivity contribution in [1.82, 2.24) is 16.0 Å². The van der Waals surface area contributed by atoms with Gasteiger partial charge < -0.3 is 27.4 Å². The molecule has 5 heteroatoms. The molecule has 0 radical (unpaired) electrons. The van der Waals surface area contributed by atoms with E-state index in [1.807, 2.05) is 0 Å². The van der Waals surface area contributed by atoms with E-state index in [4.69, 9.17) is 11.5 Å². The summed E-state index contributed by atoms with van der Waals surface area (Å²) in [6, 6.07) is 1.22. The van der Waals surface area contributed by atoms with Crippen molar-refractivity contribution in [3.05, 3.63) is 0 Å². The van der Waals surface area contributed by atoms with Gasteiger partial charge in [0.1, 0.15) is 0 Å². The van der Waals surface area contributed by atoms with Crippen LogP contribution in [0.3, 0.4) is 0 Å². The number of hydrogen-bond acceptors (Lipinski definition) is 5. The molecule has 5 nitrogen and oxygen atoms in total. The average Bonchev–Trinajstić information content (AvgIpc) is 2.73. The molecule has 0 unspecified atom stereocenters. The zero-order valence-electron chi connectivity index (χ0n) is 10.2. The molecule has 0 bridgehead atoms. The highest BCUT2D eigenvalue weighted by Crippen LogP contribution is 2.05. The molecule has 0 spiro atoms. The Morgan fingerprint density at radius 3 is 2.62 bits per heavy atom. The van der Waals surface area contributed by atoms with Gasteiger partial charge in [0.05, 0.1) is 0 Å². The molecule has 0 saturated carbocycles. The summed E-state index contributed by atoms with van der Waals surface area (Å²) in [7, 11) is 0. The summed E-state index contributed by atoms with van der Waals surface area (Å²) in [4.78, 5) is 0. The zero-order valence-corrected chi connectivity index (χ0v) is 10.2. The quantitative estimate of drug-likeness (QED) is 0.314. The zero-order chi connectivity index (χ0) is 11.6. The van der Waals surface area contributed by atoms with Gasteiger partial charge in [-0.2, -0.15) is 0 Å². The Labute approximate surface area is 98.7 Å². The van der Waals surface area contributed by atoms with Gasteiger partial charge in [-0.15, -0.1) is 0 Å². The van der Waals surface area contributed by atoms with Crippen molar-refractivity contribution in [3.8, 4) is 0 Å². The minimum Gasteiger partial charge on any atom is -0.330 e. The predicted molar refractivity (Wildman–Crippen MR) is 68.4 cm³/mol. The van der Waals surface area contributed by atoms with E-state index >= 15 is 0 Å². The molecule has 16 heavy (non-hydrogen) atoms. The molecule has 1 fully saturated rings. The topological polar surface area (TPSA) is 88.1 Å². The molecule has 0 aliphatic carbocycles. The Bertz CT molecular complexity index is 164. The van der Waals surface area contributed by atoms with Crippen LogP contribution >= 0.6 is 0 Å². The van der Waals surface area contributed by atoms with E-state index in [-0.39, 0.29) is 0 Å². The summed E-state index contributed by atoms with van der Waals surface area (Å²) in [5.41, 5.74) is 10.9. The lowest BCUT2D eigenvalue weighted by molar-refractivity contribution is 0.503. The fraction of sp³-hybridized carbons (Fsp3) is 1.00. The van der Waals surface area contributed by atoms with Crippen molar-refractivity contribution in [2.75, 3.05) is 39.3 Å². The summed E-state index contributed by atoms with van der Waals surface area (Å²) in [6.07, 6.45) is 3.33. The second kappa shape index (κ2) is 8.90. The minimum atomic E-state index is 0.605. The van der Waals surface area contributed by atoms with Crippen molar-refractivity contribution in [2.24, 2.45) is 11.5 Å². The van der Waals surface area contributed by atoms with E-state index in [1.54, 1.807) is 0 Å². The van der Waals surface area contributed by atoms with Gasteiger partial charge >= 0.3 is 0 Å². The second-order valence-electron chi connectivity index (χ2n) is 4.48. The van der Waals surface area contributed by atoms with Crippen LogP contribution in [0.1, 0.15) is 19.3 Å². The summed E-state index contributed by atoms with van der Waals surface area (Å²) in [5.74, 6) is 0. The van der Waals surface area contributed by atoms with Gasteiger partial charge in [-0.1, -0.05) is 0 Å². The van der Waals surface area contributed by atoms with E-state index in [2.05, 4.69) is 16.0 Å². The Kier molecular flexibility index (Phi) is 7.71. The van der Waals surface area contributed by atoms with Crippen LogP contribution in [0.25, 0.3) is 0 Å². The molecular formula is C11H27N5. The maximum Gasteiger partial charge on any atom is 0.0208 e.